The third-order valence-corrected chi connectivity index (χ3v) is 1.53. The Morgan fingerprint density at radius 2 is 2.43 bits per heavy atom. The summed E-state index contributed by atoms with van der Waals surface area (Å²) >= 11 is -1.44. The molecule has 42 valence electrons. The molecule has 1 atom stereocenters. The van der Waals surface area contributed by atoms with Gasteiger partial charge in [0.25, 0.3) is 5.16 Å². The fourth-order valence-corrected chi connectivity index (χ4v) is 0.470. The van der Waals surface area contributed by atoms with E-state index in [-0.39, 0.29) is 0 Å². The van der Waals surface area contributed by atoms with Crippen LogP contribution >= 0.6 is 0 Å². The van der Waals surface area contributed by atoms with E-state index < -0.39 is 16.3 Å². The van der Waals surface area contributed by atoms with Gasteiger partial charge in [-0.25, -0.2) is 0 Å². The van der Waals surface area contributed by atoms with E-state index >= 15 is 0 Å². The van der Waals surface area contributed by atoms with Crippen molar-refractivity contribution in [2.75, 3.05) is 5.75 Å². The molecule has 0 aromatic heterocycles. The predicted molar refractivity (Wildman–Crippen MR) is 28.9 cm³/mol. The van der Waals surface area contributed by atoms with E-state index in [0.717, 1.165) is 0 Å². The second kappa shape index (κ2) is 3.04. The lowest BCUT2D eigenvalue weighted by Crippen LogP contribution is -2.01. The molecule has 0 aliphatic heterocycles. The summed E-state index contributed by atoms with van der Waals surface area (Å²) in [6.45, 7) is 4.50. The summed E-state index contributed by atoms with van der Waals surface area (Å²) in [6.07, 6.45) is 0. The molecule has 0 saturated heterocycles. The quantitative estimate of drug-likeness (QED) is 0.504. The lowest BCUT2D eigenvalue weighted by atomic mass is 11.0. The largest absolute Gasteiger partial charge is 0.610 e. The van der Waals surface area contributed by atoms with Crippen LogP contribution in [0.3, 0.4) is 0 Å². The van der Waals surface area contributed by atoms with Crippen LogP contribution in [0.15, 0.2) is 11.7 Å². The molecule has 0 aromatic rings. The van der Waals surface area contributed by atoms with Crippen LogP contribution in [0.25, 0.3) is 0 Å². The monoisotopic (exact) mass is 122 g/mol. The second-order valence-electron chi connectivity index (χ2n) is 0.989. The molecule has 0 bridgehead atoms. The number of halogens is 1. The molecule has 0 aromatic carbocycles. The first-order valence-electron chi connectivity index (χ1n) is 1.91. The highest BCUT2D eigenvalue weighted by Gasteiger charge is 2.04. The van der Waals surface area contributed by atoms with E-state index in [1.54, 1.807) is 6.92 Å². The van der Waals surface area contributed by atoms with Gasteiger partial charge in [0.1, 0.15) is 5.75 Å². The molecule has 0 saturated carbocycles. The van der Waals surface area contributed by atoms with Crippen molar-refractivity contribution in [2.45, 2.75) is 6.92 Å². The number of hydrogen-bond donors (Lipinski definition) is 0. The molecule has 0 aliphatic rings. The maximum absolute atomic E-state index is 11.6. The molecule has 0 amide bonds. The van der Waals surface area contributed by atoms with E-state index in [2.05, 4.69) is 6.58 Å². The Morgan fingerprint density at radius 3 is 2.43 bits per heavy atom. The van der Waals surface area contributed by atoms with Crippen molar-refractivity contribution < 1.29 is 8.94 Å². The fourth-order valence-electron chi connectivity index (χ4n) is 0.157. The third-order valence-electron chi connectivity index (χ3n) is 0.509. The van der Waals surface area contributed by atoms with E-state index in [0.29, 0.717) is 5.75 Å². The highest BCUT2D eigenvalue weighted by atomic mass is 32.2. The standard InChI is InChI=1S/C4H7FOS/c1-3-7(6)4(2)5/h2-3H2,1H3. The van der Waals surface area contributed by atoms with Crippen molar-refractivity contribution in [3.8, 4) is 0 Å². The Morgan fingerprint density at radius 1 is 2.00 bits per heavy atom. The van der Waals surface area contributed by atoms with Crippen molar-refractivity contribution in [3.05, 3.63) is 11.7 Å². The van der Waals surface area contributed by atoms with E-state index in [4.69, 9.17) is 0 Å². The van der Waals surface area contributed by atoms with Gasteiger partial charge in [-0.1, -0.05) is 0 Å². The Kier molecular flexibility index (Phi) is 3.04. The zero-order chi connectivity index (χ0) is 5.86. The topological polar surface area (TPSA) is 23.1 Å². The van der Waals surface area contributed by atoms with Gasteiger partial charge >= 0.3 is 0 Å². The average molecular weight is 122 g/mol. The minimum atomic E-state index is -1.44. The lowest BCUT2D eigenvalue weighted by Gasteiger charge is -2.00. The molecule has 1 nitrogen and oxygen atoms in total. The predicted octanol–water partition coefficient (Wildman–Crippen LogP) is 1.20. The van der Waals surface area contributed by atoms with Gasteiger partial charge in [0.15, 0.2) is 0 Å². The third kappa shape index (κ3) is 2.65. The minimum Gasteiger partial charge on any atom is -0.610 e. The van der Waals surface area contributed by atoms with Gasteiger partial charge in [-0.05, 0) is 13.5 Å². The fraction of sp³-hybridized carbons (Fsp3) is 0.500. The maximum Gasteiger partial charge on any atom is 0.293 e. The molecule has 1 unspecified atom stereocenters. The summed E-state index contributed by atoms with van der Waals surface area (Å²) < 4.78 is 21.7. The smallest absolute Gasteiger partial charge is 0.293 e. The van der Waals surface area contributed by atoms with Crippen LogP contribution in [0.1, 0.15) is 6.92 Å². The molecule has 7 heavy (non-hydrogen) atoms. The van der Waals surface area contributed by atoms with Gasteiger partial charge in [-0.3, -0.25) is 0 Å². The van der Waals surface area contributed by atoms with Crippen LogP contribution in [-0.4, -0.2) is 10.3 Å². The van der Waals surface area contributed by atoms with Crippen molar-refractivity contribution in [1.82, 2.24) is 0 Å². The molecule has 0 N–H and O–H groups in total. The van der Waals surface area contributed by atoms with E-state index in [9.17, 15) is 8.94 Å². The number of hydrogen-bond acceptors (Lipinski definition) is 1. The van der Waals surface area contributed by atoms with Crippen LogP contribution in [0.5, 0.6) is 0 Å². The zero-order valence-corrected chi connectivity index (χ0v) is 4.93. The van der Waals surface area contributed by atoms with Crippen LogP contribution < -0.4 is 0 Å². The Labute approximate surface area is 45.4 Å². The highest BCUT2D eigenvalue weighted by Crippen LogP contribution is 2.03. The van der Waals surface area contributed by atoms with E-state index in [1.165, 1.54) is 0 Å². The number of rotatable bonds is 2. The van der Waals surface area contributed by atoms with Crippen molar-refractivity contribution in [3.63, 3.8) is 0 Å². The van der Waals surface area contributed by atoms with Crippen molar-refractivity contribution in [2.24, 2.45) is 0 Å². The molecular weight excluding hydrogens is 115 g/mol. The average Bonchev–Trinajstić information content (AvgIpc) is 1.65. The summed E-state index contributed by atoms with van der Waals surface area (Å²) in [5.41, 5.74) is 0. The van der Waals surface area contributed by atoms with Crippen LogP contribution in [-0.2, 0) is 11.2 Å². The molecule has 0 rings (SSSR count). The molecule has 3 heteroatoms. The van der Waals surface area contributed by atoms with Gasteiger partial charge in [0.05, 0.1) is 0 Å². The first kappa shape index (κ1) is 6.98. The van der Waals surface area contributed by atoms with Crippen LogP contribution in [0.2, 0.25) is 0 Å². The van der Waals surface area contributed by atoms with Gasteiger partial charge in [-0.2, -0.15) is 4.39 Å². The minimum absolute atomic E-state index is 0.315. The SMILES string of the molecule is C=C(F)[S+]([O-])CC. The van der Waals surface area contributed by atoms with Crippen LogP contribution in [0.4, 0.5) is 4.39 Å². The van der Waals surface area contributed by atoms with Gasteiger partial charge < -0.3 is 4.55 Å². The lowest BCUT2D eigenvalue weighted by molar-refractivity contribution is 0.579. The molecular formula is C4H7FOS. The van der Waals surface area contributed by atoms with Gasteiger partial charge in [0.2, 0.25) is 0 Å². The summed E-state index contributed by atoms with van der Waals surface area (Å²) in [7, 11) is 0. The van der Waals surface area contributed by atoms with Crippen molar-refractivity contribution in [1.29, 1.82) is 0 Å². The first-order valence-corrected chi connectivity index (χ1v) is 3.23. The van der Waals surface area contributed by atoms with Gasteiger partial charge in [0, 0.05) is 11.2 Å². The normalized spacial score (nSPS) is 13.6. The molecule has 0 spiro atoms. The van der Waals surface area contributed by atoms with Crippen molar-refractivity contribution >= 4 is 11.2 Å². The summed E-state index contributed by atoms with van der Waals surface area (Å²) in [5, 5.41) is -0.734. The zero-order valence-electron chi connectivity index (χ0n) is 4.11. The Hall–Kier alpha value is -0.0200. The molecule has 0 radical (unpaired) electrons. The van der Waals surface area contributed by atoms with E-state index in [1.807, 2.05) is 0 Å². The summed E-state index contributed by atoms with van der Waals surface area (Å²) in [4.78, 5) is 0. The Balaban J connectivity index is 3.34. The second-order valence-corrected chi connectivity index (χ2v) is 2.70. The summed E-state index contributed by atoms with van der Waals surface area (Å²) in [6, 6.07) is 0. The molecule has 0 heterocycles. The highest BCUT2D eigenvalue weighted by molar-refractivity contribution is 7.94. The van der Waals surface area contributed by atoms with Crippen LogP contribution in [0, 0.1) is 0 Å². The molecule has 0 fully saturated rings. The van der Waals surface area contributed by atoms with Gasteiger partial charge in [-0.15, -0.1) is 0 Å². The summed E-state index contributed by atoms with van der Waals surface area (Å²) in [5.74, 6) is 0.315. The molecule has 0 aliphatic carbocycles. The maximum atomic E-state index is 11.6. The first-order chi connectivity index (χ1) is 3.18. The Bertz CT molecular complexity index is 74.1.